The van der Waals surface area contributed by atoms with Crippen LogP contribution in [0, 0.1) is 13.8 Å². The molecule has 1 aromatic carbocycles. The zero-order valence-corrected chi connectivity index (χ0v) is 21.8. The zero-order valence-electron chi connectivity index (χ0n) is 20.3. The Hall–Kier alpha value is -3.20. The Morgan fingerprint density at radius 2 is 1.94 bits per heavy atom. The molecule has 0 amide bonds. The van der Waals surface area contributed by atoms with Crippen LogP contribution in [0.1, 0.15) is 29.0 Å². The second-order valence-electron chi connectivity index (χ2n) is 8.68. The van der Waals surface area contributed by atoms with Crippen LogP contribution >= 0.6 is 23.2 Å². The number of ether oxygens (including phenoxy) is 1. The molecule has 0 aliphatic carbocycles. The van der Waals surface area contributed by atoms with E-state index in [4.69, 9.17) is 42.4 Å². The minimum atomic E-state index is 0.435. The Labute approximate surface area is 219 Å². The van der Waals surface area contributed by atoms with Crippen molar-refractivity contribution in [3.8, 4) is 28.4 Å². The molecule has 4 aromatic rings. The van der Waals surface area contributed by atoms with Crippen LogP contribution in [0.25, 0.3) is 22.6 Å². The van der Waals surface area contributed by atoms with Crippen molar-refractivity contribution < 1.29 is 9.26 Å². The summed E-state index contributed by atoms with van der Waals surface area (Å²) in [5.41, 5.74) is 4.99. The van der Waals surface area contributed by atoms with Gasteiger partial charge in [-0.3, -0.25) is 4.98 Å². The molecule has 0 fully saturated rings. The fourth-order valence-corrected chi connectivity index (χ4v) is 4.83. The molecule has 0 bridgehead atoms. The molecule has 0 unspecified atom stereocenters. The number of nitrogens with zero attached hydrogens (tertiary/aromatic N) is 5. The largest absolute Gasteiger partial charge is 0.494 e. The molecule has 0 spiro atoms. The first-order valence-corrected chi connectivity index (χ1v) is 12.5. The van der Waals surface area contributed by atoms with E-state index in [0.29, 0.717) is 69.8 Å². The predicted molar refractivity (Wildman–Crippen MR) is 141 cm³/mol. The van der Waals surface area contributed by atoms with E-state index in [2.05, 4.69) is 20.4 Å². The van der Waals surface area contributed by atoms with Gasteiger partial charge in [0.05, 0.1) is 22.9 Å². The molecule has 4 heterocycles. The van der Waals surface area contributed by atoms with Crippen molar-refractivity contribution in [2.45, 2.75) is 33.4 Å². The van der Waals surface area contributed by atoms with Crippen LogP contribution in [-0.4, -0.2) is 40.3 Å². The highest BCUT2D eigenvalue weighted by Crippen LogP contribution is 2.41. The lowest BCUT2D eigenvalue weighted by Gasteiger charge is -2.21. The summed E-state index contributed by atoms with van der Waals surface area (Å²) < 4.78 is 11.4. The maximum atomic E-state index is 6.98. The molecule has 10 heteroatoms. The van der Waals surface area contributed by atoms with Crippen molar-refractivity contribution in [1.82, 2.24) is 25.4 Å². The molecule has 0 radical (unpaired) electrons. The molecule has 1 N–H and O–H groups in total. The summed E-state index contributed by atoms with van der Waals surface area (Å²) in [6.45, 7) is 6.47. The number of anilines is 1. The molecule has 0 saturated carbocycles. The van der Waals surface area contributed by atoms with Crippen molar-refractivity contribution in [1.29, 1.82) is 0 Å². The molecule has 5 rings (SSSR count). The fourth-order valence-electron chi connectivity index (χ4n) is 4.33. The molecule has 8 nitrogen and oxygen atoms in total. The van der Waals surface area contributed by atoms with Crippen molar-refractivity contribution in [2.75, 3.05) is 25.1 Å². The molecule has 0 saturated heterocycles. The first-order valence-electron chi connectivity index (χ1n) is 11.7. The monoisotopic (exact) mass is 524 g/mol. The summed E-state index contributed by atoms with van der Waals surface area (Å²) in [5.74, 6) is 2.39. The molecule has 1 aliphatic heterocycles. The van der Waals surface area contributed by atoms with Gasteiger partial charge < -0.3 is 19.5 Å². The summed E-state index contributed by atoms with van der Waals surface area (Å²) in [6, 6.07) is 7.54. The third kappa shape index (κ3) is 4.76. The summed E-state index contributed by atoms with van der Waals surface area (Å²) in [4.78, 5) is 16.2. The van der Waals surface area contributed by atoms with E-state index in [9.17, 15) is 0 Å². The maximum absolute atomic E-state index is 6.98. The highest BCUT2D eigenvalue weighted by atomic mass is 35.5. The molecular formula is C26H26Cl2N6O2. The number of hydrogen-bond acceptors (Lipinski definition) is 8. The summed E-state index contributed by atoms with van der Waals surface area (Å²) >= 11 is 13.6. The number of fused-ring (bicyclic) bond motifs is 1. The van der Waals surface area contributed by atoms with E-state index in [-0.39, 0.29) is 0 Å². The van der Waals surface area contributed by atoms with Gasteiger partial charge in [0.25, 0.3) is 0 Å². The summed E-state index contributed by atoms with van der Waals surface area (Å²) in [7, 11) is 1.92. The van der Waals surface area contributed by atoms with Crippen LogP contribution in [0.5, 0.6) is 5.75 Å². The van der Waals surface area contributed by atoms with Gasteiger partial charge in [0.15, 0.2) is 11.6 Å². The van der Waals surface area contributed by atoms with Crippen LogP contribution in [0.4, 0.5) is 5.82 Å². The van der Waals surface area contributed by atoms with Crippen molar-refractivity contribution in [2.24, 2.45) is 0 Å². The first-order chi connectivity index (χ1) is 17.5. The SMILES string of the molecule is CNCCCOc1ccc(Cl)c(-c2nc(-c3c(C)noc3C)c(Cl)c(N3Cc4ccncc4C3)n2)c1. The Balaban J connectivity index is 1.61. The third-order valence-corrected chi connectivity index (χ3v) is 6.83. The maximum Gasteiger partial charge on any atom is 0.163 e. The van der Waals surface area contributed by atoms with E-state index in [1.165, 1.54) is 5.56 Å². The van der Waals surface area contributed by atoms with E-state index < -0.39 is 0 Å². The van der Waals surface area contributed by atoms with Gasteiger partial charge >= 0.3 is 0 Å². The minimum Gasteiger partial charge on any atom is -0.494 e. The first kappa shape index (κ1) is 24.5. The Morgan fingerprint density at radius 1 is 1.11 bits per heavy atom. The van der Waals surface area contributed by atoms with Gasteiger partial charge in [0.2, 0.25) is 0 Å². The lowest BCUT2D eigenvalue weighted by atomic mass is 10.1. The van der Waals surface area contributed by atoms with Crippen molar-refractivity contribution >= 4 is 29.0 Å². The van der Waals surface area contributed by atoms with Crippen LogP contribution < -0.4 is 15.0 Å². The van der Waals surface area contributed by atoms with Crippen LogP contribution in [0.3, 0.4) is 0 Å². The number of halogens is 2. The van der Waals surface area contributed by atoms with Gasteiger partial charge in [-0.15, -0.1) is 0 Å². The quantitative estimate of drug-likeness (QED) is 0.297. The Morgan fingerprint density at radius 3 is 2.69 bits per heavy atom. The number of aromatic nitrogens is 4. The number of hydrogen-bond donors (Lipinski definition) is 1. The average Bonchev–Trinajstić information content (AvgIpc) is 3.46. The van der Waals surface area contributed by atoms with Crippen molar-refractivity contribution in [3.63, 3.8) is 0 Å². The van der Waals surface area contributed by atoms with Gasteiger partial charge in [-0.2, -0.15) is 0 Å². The number of benzene rings is 1. The van der Waals surface area contributed by atoms with Gasteiger partial charge in [0.1, 0.15) is 22.2 Å². The standard InChI is InChI=1S/C26H26Cl2N6O2/c1-15-22(16(2)36-33-15)24-23(28)26(34-13-17-7-9-30-12-18(17)14-34)32-25(31-24)20-11-19(5-6-21(20)27)35-10-4-8-29-3/h5-7,9,11-12,29H,4,8,10,13-14H2,1-3H3. The smallest absolute Gasteiger partial charge is 0.163 e. The Kier molecular flexibility index (Phi) is 7.09. The van der Waals surface area contributed by atoms with E-state index >= 15 is 0 Å². The molecule has 3 aromatic heterocycles. The molecule has 0 atom stereocenters. The van der Waals surface area contributed by atoms with Crippen LogP contribution in [0.15, 0.2) is 41.2 Å². The lowest BCUT2D eigenvalue weighted by molar-refractivity contribution is 0.310. The lowest BCUT2D eigenvalue weighted by Crippen LogP contribution is -2.18. The van der Waals surface area contributed by atoms with Gasteiger partial charge in [-0.25, -0.2) is 9.97 Å². The zero-order chi connectivity index (χ0) is 25.2. The van der Waals surface area contributed by atoms with E-state index in [1.54, 1.807) is 12.3 Å². The number of rotatable bonds is 8. The van der Waals surface area contributed by atoms with Gasteiger partial charge in [-0.05, 0) is 69.3 Å². The van der Waals surface area contributed by atoms with Gasteiger partial charge in [0, 0.05) is 31.0 Å². The predicted octanol–water partition coefficient (Wildman–Crippen LogP) is 5.63. The summed E-state index contributed by atoms with van der Waals surface area (Å²) in [6.07, 6.45) is 4.56. The summed E-state index contributed by atoms with van der Waals surface area (Å²) in [5, 5.41) is 8.18. The molecule has 1 aliphatic rings. The molecular weight excluding hydrogens is 499 g/mol. The van der Waals surface area contributed by atoms with E-state index in [1.807, 2.05) is 45.3 Å². The normalized spacial score (nSPS) is 12.8. The minimum absolute atomic E-state index is 0.435. The number of aryl methyl sites for hydroxylation is 2. The number of pyridine rings is 1. The third-order valence-electron chi connectivity index (χ3n) is 6.15. The Bertz CT molecular complexity index is 1360. The second-order valence-corrected chi connectivity index (χ2v) is 9.47. The fraction of sp³-hybridized carbons (Fsp3) is 0.308. The molecule has 36 heavy (non-hydrogen) atoms. The van der Waals surface area contributed by atoms with E-state index in [0.717, 1.165) is 24.1 Å². The molecule has 186 valence electrons. The average molecular weight is 525 g/mol. The highest BCUT2D eigenvalue weighted by molar-refractivity contribution is 6.36. The number of nitrogens with one attached hydrogen (secondary N) is 1. The van der Waals surface area contributed by atoms with Crippen molar-refractivity contribution in [3.05, 3.63) is 69.3 Å². The van der Waals surface area contributed by atoms with Crippen LogP contribution in [0.2, 0.25) is 10.0 Å². The second kappa shape index (κ2) is 10.4. The topological polar surface area (TPSA) is 89.2 Å². The highest BCUT2D eigenvalue weighted by Gasteiger charge is 2.28. The van der Waals surface area contributed by atoms with Gasteiger partial charge in [-0.1, -0.05) is 28.4 Å². The van der Waals surface area contributed by atoms with Crippen LogP contribution in [-0.2, 0) is 13.1 Å².